The molecule has 16 heavy (non-hydrogen) atoms. The number of nitrogens with one attached hydrogen (secondary N) is 1. The SMILES string of the molecule is COCCCOCCNc1cn(C)nc1C. The zero-order valence-corrected chi connectivity index (χ0v) is 10.3. The summed E-state index contributed by atoms with van der Waals surface area (Å²) >= 11 is 0. The lowest BCUT2D eigenvalue weighted by molar-refractivity contribution is 0.109. The van der Waals surface area contributed by atoms with E-state index in [1.807, 2.05) is 20.2 Å². The fourth-order valence-corrected chi connectivity index (χ4v) is 1.44. The summed E-state index contributed by atoms with van der Waals surface area (Å²) in [5.74, 6) is 0. The minimum atomic E-state index is 0.706. The molecular weight excluding hydrogens is 206 g/mol. The standard InChI is InChI=1S/C11H21N3O2/c1-10-11(9-14(2)13-10)12-5-8-16-7-4-6-15-3/h9,12H,4-8H2,1-3H3. The third-order valence-corrected chi connectivity index (χ3v) is 2.21. The molecule has 1 heterocycles. The molecule has 0 aromatic carbocycles. The van der Waals surface area contributed by atoms with Crippen molar-refractivity contribution in [3.05, 3.63) is 11.9 Å². The maximum absolute atomic E-state index is 5.43. The highest BCUT2D eigenvalue weighted by molar-refractivity contribution is 5.45. The van der Waals surface area contributed by atoms with Crippen LogP contribution in [0.5, 0.6) is 0 Å². The van der Waals surface area contributed by atoms with Crippen LogP contribution in [0, 0.1) is 6.92 Å². The van der Waals surface area contributed by atoms with E-state index in [0.29, 0.717) is 6.61 Å². The molecule has 1 aromatic rings. The molecule has 92 valence electrons. The summed E-state index contributed by atoms with van der Waals surface area (Å²) < 4.78 is 12.2. The van der Waals surface area contributed by atoms with Gasteiger partial charge in [0.15, 0.2) is 0 Å². The van der Waals surface area contributed by atoms with Crippen LogP contribution in [0.4, 0.5) is 5.69 Å². The average Bonchev–Trinajstić information content (AvgIpc) is 2.56. The first-order valence-corrected chi connectivity index (χ1v) is 5.55. The van der Waals surface area contributed by atoms with Crippen LogP contribution in [-0.4, -0.2) is 43.3 Å². The second-order valence-electron chi connectivity index (χ2n) is 3.69. The highest BCUT2D eigenvalue weighted by atomic mass is 16.5. The van der Waals surface area contributed by atoms with Crippen LogP contribution in [0.15, 0.2) is 6.20 Å². The fraction of sp³-hybridized carbons (Fsp3) is 0.727. The van der Waals surface area contributed by atoms with E-state index < -0.39 is 0 Å². The number of methoxy groups -OCH3 is 1. The number of aryl methyl sites for hydroxylation is 2. The summed E-state index contributed by atoms with van der Waals surface area (Å²) in [6.07, 6.45) is 2.92. The van der Waals surface area contributed by atoms with Crippen LogP contribution in [0.1, 0.15) is 12.1 Å². The highest BCUT2D eigenvalue weighted by Crippen LogP contribution is 2.10. The molecule has 0 bridgehead atoms. The second kappa shape index (κ2) is 7.24. The third-order valence-electron chi connectivity index (χ3n) is 2.21. The first-order chi connectivity index (χ1) is 7.74. The van der Waals surface area contributed by atoms with Crippen LogP contribution in [0.2, 0.25) is 0 Å². The van der Waals surface area contributed by atoms with Gasteiger partial charge in [-0.25, -0.2) is 0 Å². The van der Waals surface area contributed by atoms with E-state index in [-0.39, 0.29) is 0 Å². The number of aromatic nitrogens is 2. The molecule has 0 unspecified atom stereocenters. The van der Waals surface area contributed by atoms with Crippen LogP contribution < -0.4 is 5.32 Å². The molecule has 1 rings (SSSR count). The van der Waals surface area contributed by atoms with Crippen LogP contribution in [-0.2, 0) is 16.5 Å². The van der Waals surface area contributed by atoms with Crippen molar-refractivity contribution >= 4 is 5.69 Å². The van der Waals surface area contributed by atoms with Gasteiger partial charge in [0.1, 0.15) is 0 Å². The van der Waals surface area contributed by atoms with Gasteiger partial charge in [0.25, 0.3) is 0 Å². The zero-order valence-electron chi connectivity index (χ0n) is 10.3. The summed E-state index contributed by atoms with van der Waals surface area (Å²) in [5, 5.41) is 7.53. The molecular formula is C11H21N3O2. The molecule has 0 radical (unpaired) electrons. The normalized spacial score (nSPS) is 10.7. The molecule has 0 atom stereocenters. The highest BCUT2D eigenvalue weighted by Gasteiger charge is 2.00. The molecule has 0 amide bonds. The van der Waals surface area contributed by atoms with Gasteiger partial charge >= 0.3 is 0 Å². The Kier molecular flexibility index (Phi) is 5.88. The Morgan fingerprint density at radius 2 is 2.19 bits per heavy atom. The van der Waals surface area contributed by atoms with Gasteiger partial charge in [-0.15, -0.1) is 0 Å². The van der Waals surface area contributed by atoms with E-state index in [1.54, 1.807) is 11.8 Å². The number of hydrogen-bond acceptors (Lipinski definition) is 4. The lowest BCUT2D eigenvalue weighted by atomic mass is 10.4. The van der Waals surface area contributed by atoms with Crippen molar-refractivity contribution in [3.8, 4) is 0 Å². The number of ether oxygens (including phenoxy) is 2. The summed E-state index contributed by atoms with van der Waals surface area (Å²) in [4.78, 5) is 0. The number of anilines is 1. The Morgan fingerprint density at radius 3 is 2.81 bits per heavy atom. The Hall–Kier alpha value is -1.07. The molecule has 1 aromatic heterocycles. The number of nitrogens with zero attached hydrogens (tertiary/aromatic N) is 2. The van der Waals surface area contributed by atoms with Crippen molar-refractivity contribution in [2.75, 3.05) is 38.8 Å². The van der Waals surface area contributed by atoms with E-state index in [4.69, 9.17) is 9.47 Å². The van der Waals surface area contributed by atoms with E-state index in [9.17, 15) is 0 Å². The molecule has 0 spiro atoms. The van der Waals surface area contributed by atoms with Gasteiger partial charge in [-0.3, -0.25) is 4.68 Å². The molecule has 1 N–H and O–H groups in total. The van der Waals surface area contributed by atoms with E-state index in [1.165, 1.54) is 0 Å². The molecule has 5 nitrogen and oxygen atoms in total. The van der Waals surface area contributed by atoms with Gasteiger partial charge in [-0.05, 0) is 13.3 Å². The molecule has 0 saturated carbocycles. The molecule has 0 aliphatic heterocycles. The van der Waals surface area contributed by atoms with E-state index in [0.717, 1.165) is 37.6 Å². The average molecular weight is 227 g/mol. The van der Waals surface area contributed by atoms with Gasteiger partial charge < -0.3 is 14.8 Å². The Morgan fingerprint density at radius 1 is 1.38 bits per heavy atom. The Labute approximate surface area is 96.7 Å². The Balaban J connectivity index is 2.05. The lowest BCUT2D eigenvalue weighted by Crippen LogP contribution is -2.10. The summed E-state index contributed by atoms with van der Waals surface area (Å²) in [6, 6.07) is 0. The first-order valence-electron chi connectivity index (χ1n) is 5.55. The summed E-state index contributed by atoms with van der Waals surface area (Å²) in [5.41, 5.74) is 2.09. The second-order valence-corrected chi connectivity index (χ2v) is 3.69. The van der Waals surface area contributed by atoms with E-state index >= 15 is 0 Å². The third kappa shape index (κ3) is 4.63. The summed E-state index contributed by atoms with van der Waals surface area (Å²) in [6.45, 7) is 5.01. The predicted molar refractivity (Wildman–Crippen MR) is 63.7 cm³/mol. The van der Waals surface area contributed by atoms with Crippen molar-refractivity contribution in [2.24, 2.45) is 7.05 Å². The fourth-order valence-electron chi connectivity index (χ4n) is 1.44. The van der Waals surface area contributed by atoms with Crippen molar-refractivity contribution < 1.29 is 9.47 Å². The smallest absolute Gasteiger partial charge is 0.0824 e. The topological polar surface area (TPSA) is 48.3 Å². The lowest BCUT2D eigenvalue weighted by Gasteiger charge is -2.05. The van der Waals surface area contributed by atoms with Crippen molar-refractivity contribution in [1.29, 1.82) is 0 Å². The molecule has 5 heteroatoms. The molecule has 0 fully saturated rings. The van der Waals surface area contributed by atoms with Gasteiger partial charge in [-0.2, -0.15) is 5.10 Å². The van der Waals surface area contributed by atoms with Crippen LogP contribution in [0.3, 0.4) is 0 Å². The van der Waals surface area contributed by atoms with Gasteiger partial charge in [0, 0.05) is 40.1 Å². The van der Waals surface area contributed by atoms with E-state index in [2.05, 4.69) is 10.4 Å². The van der Waals surface area contributed by atoms with Gasteiger partial charge in [-0.1, -0.05) is 0 Å². The van der Waals surface area contributed by atoms with Crippen molar-refractivity contribution in [3.63, 3.8) is 0 Å². The van der Waals surface area contributed by atoms with Gasteiger partial charge in [0.05, 0.1) is 18.0 Å². The Bertz CT molecular complexity index is 299. The summed E-state index contributed by atoms with van der Waals surface area (Å²) in [7, 11) is 3.62. The zero-order chi connectivity index (χ0) is 11.8. The predicted octanol–water partition coefficient (Wildman–Crippen LogP) is 1.19. The largest absolute Gasteiger partial charge is 0.385 e. The van der Waals surface area contributed by atoms with Gasteiger partial charge in [0.2, 0.25) is 0 Å². The minimum Gasteiger partial charge on any atom is -0.385 e. The maximum atomic E-state index is 5.43. The molecule has 0 saturated heterocycles. The maximum Gasteiger partial charge on any atom is 0.0824 e. The first kappa shape index (κ1) is 13.0. The number of rotatable bonds is 8. The van der Waals surface area contributed by atoms with Crippen LogP contribution >= 0.6 is 0 Å². The molecule has 0 aliphatic carbocycles. The van der Waals surface area contributed by atoms with Crippen LogP contribution in [0.25, 0.3) is 0 Å². The van der Waals surface area contributed by atoms with Crippen molar-refractivity contribution in [2.45, 2.75) is 13.3 Å². The van der Waals surface area contributed by atoms with Crippen molar-refractivity contribution in [1.82, 2.24) is 9.78 Å². The number of hydrogen-bond donors (Lipinski definition) is 1. The monoisotopic (exact) mass is 227 g/mol. The quantitative estimate of drug-likeness (QED) is 0.678. The molecule has 0 aliphatic rings. The minimum absolute atomic E-state index is 0.706.